The second-order valence-corrected chi connectivity index (χ2v) is 8.76. The molecule has 2 aromatic rings. The van der Waals surface area contributed by atoms with Gasteiger partial charge < -0.3 is 15.2 Å². The number of hydrogen-bond donors (Lipinski definition) is 2. The van der Waals surface area contributed by atoms with Crippen molar-refractivity contribution in [2.24, 2.45) is 10.9 Å². The zero-order valence-electron chi connectivity index (χ0n) is 18.4. The molecule has 6 nitrogen and oxygen atoms in total. The Kier molecular flexibility index (Phi) is 12.4. The second-order valence-electron chi connectivity index (χ2n) is 7.78. The van der Waals surface area contributed by atoms with Crippen LogP contribution in [0.4, 0.5) is 0 Å². The van der Waals surface area contributed by atoms with Crippen LogP contribution in [0.1, 0.15) is 70.6 Å². The van der Waals surface area contributed by atoms with Gasteiger partial charge in [-0.3, -0.25) is 4.99 Å². The molecule has 164 valence electrons. The monoisotopic (exact) mass is 532 g/mol. The molecular weight excluding hydrogens is 495 g/mol. The first kappa shape index (κ1) is 25.9. The minimum atomic E-state index is 0. The van der Waals surface area contributed by atoms with E-state index >= 15 is 0 Å². The van der Waals surface area contributed by atoms with Gasteiger partial charge in [0.15, 0.2) is 5.96 Å². The first-order valence-corrected chi connectivity index (χ1v) is 11.3. The van der Waals surface area contributed by atoms with E-state index in [-0.39, 0.29) is 30.0 Å². The fourth-order valence-corrected chi connectivity index (χ4v) is 3.83. The lowest BCUT2D eigenvalue weighted by molar-refractivity contribution is 0.489. The van der Waals surface area contributed by atoms with E-state index in [4.69, 9.17) is 4.99 Å². The maximum absolute atomic E-state index is 4.83. The van der Waals surface area contributed by atoms with E-state index in [1.807, 2.05) is 0 Å². The van der Waals surface area contributed by atoms with Gasteiger partial charge in [-0.25, -0.2) is 0 Å². The van der Waals surface area contributed by atoms with Gasteiger partial charge in [0.2, 0.25) is 0 Å². The van der Waals surface area contributed by atoms with Crippen molar-refractivity contribution >= 4 is 41.3 Å². The van der Waals surface area contributed by atoms with Gasteiger partial charge in [0.25, 0.3) is 0 Å². The Morgan fingerprint density at radius 1 is 1.21 bits per heavy atom. The molecule has 0 saturated carbocycles. The van der Waals surface area contributed by atoms with Gasteiger partial charge in [0.05, 0.1) is 12.6 Å². The lowest BCUT2D eigenvalue weighted by atomic mass is 10.0. The molecule has 2 N–H and O–H groups in total. The van der Waals surface area contributed by atoms with Crippen LogP contribution in [0.5, 0.6) is 0 Å². The third-order valence-corrected chi connectivity index (χ3v) is 5.80. The van der Waals surface area contributed by atoms with E-state index in [0.29, 0.717) is 12.6 Å². The quantitative estimate of drug-likeness (QED) is 0.242. The summed E-state index contributed by atoms with van der Waals surface area (Å²) >= 11 is 1.77. The predicted molar refractivity (Wildman–Crippen MR) is 134 cm³/mol. The summed E-state index contributed by atoms with van der Waals surface area (Å²) in [5, 5.41) is 17.4. The van der Waals surface area contributed by atoms with Crippen molar-refractivity contribution in [3.05, 3.63) is 34.5 Å². The van der Waals surface area contributed by atoms with E-state index in [9.17, 15) is 0 Å². The van der Waals surface area contributed by atoms with Crippen molar-refractivity contribution in [2.45, 2.75) is 78.9 Å². The van der Waals surface area contributed by atoms with Crippen molar-refractivity contribution in [1.82, 2.24) is 25.4 Å². The average Bonchev–Trinajstić information content (AvgIpc) is 3.33. The zero-order chi connectivity index (χ0) is 20.4. The van der Waals surface area contributed by atoms with Crippen LogP contribution in [-0.2, 0) is 13.0 Å². The molecule has 0 amide bonds. The molecule has 0 aliphatic heterocycles. The third kappa shape index (κ3) is 9.46. The molecule has 2 atom stereocenters. The summed E-state index contributed by atoms with van der Waals surface area (Å²) in [6.07, 6.45) is 6.33. The smallest absolute Gasteiger partial charge is 0.192 e. The first-order chi connectivity index (χ1) is 13.5. The van der Waals surface area contributed by atoms with Crippen molar-refractivity contribution in [3.8, 4) is 0 Å². The van der Waals surface area contributed by atoms with Crippen LogP contribution >= 0.6 is 35.3 Å². The highest BCUT2D eigenvalue weighted by Gasteiger charge is 2.12. The summed E-state index contributed by atoms with van der Waals surface area (Å²) in [6, 6.07) is 4.88. The Bertz CT molecular complexity index is 698. The van der Waals surface area contributed by atoms with Crippen LogP contribution in [0.3, 0.4) is 0 Å². The highest BCUT2D eigenvalue weighted by Crippen LogP contribution is 2.18. The molecule has 0 aliphatic rings. The molecule has 2 unspecified atom stereocenters. The fraction of sp³-hybridized carbons (Fsp3) is 0.667. The summed E-state index contributed by atoms with van der Waals surface area (Å²) in [5.41, 5.74) is 0. The number of nitrogens with one attached hydrogen (secondary N) is 2. The minimum absolute atomic E-state index is 0. The Morgan fingerprint density at radius 2 is 2.00 bits per heavy atom. The second kappa shape index (κ2) is 14.0. The number of aryl methyl sites for hydroxylation is 1. The molecule has 29 heavy (non-hydrogen) atoms. The molecule has 0 saturated heterocycles. The van der Waals surface area contributed by atoms with Crippen LogP contribution in [0.15, 0.2) is 28.8 Å². The standard InChI is InChI=1S/C21H36N6S.HI/c1-6-20-26-23-15-27(20)13-12-22-21(24-17(4)10-7-9-16(2)3)25-18(5)19-11-8-14-28-19;/h8,11,14-18H,6-7,9-10,12-13H2,1-5H3,(H2,22,24,25);1H. The van der Waals surface area contributed by atoms with Crippen LogP contribution in [-0.4, -0.2) is 33.3 Å². The molecular formula is C21H37IN6S. The van der Waals surface area contributed by atoms with Gasteiger partial charge in [-0.15, -0.1) is 45.5 Å². The normalized spacial score (nSPS) is 13.8. The average molecular weight is 533 g/mol. The summed E-state index contributed by atoms with van der Waals surface area (Å²) in [6.45, 7) is 12.6. The fourth-order valence-electron chi connectivity index (χ4n) is 3.09. The van der Waals surface area contributed by atoms with Crippen LogP contribution in [0, 0.1) is 5.92 Å². The van der Waals surface area contributed by atoms with Crippen molar-refractivity contribution in [1.29, 1.82) is 0 Å². The van der Waals surface area contributed by atoms with E-state index in [0.717, 1.165) is 37.1 Å². The largest absolute Gasteiger partial charge is 0.354 e. The highest BCUT2D eigenvalue weighted by atomic mass is 127. The van der Waals surface area contributed by atoms with Crippen molar-refractivity contribution in [3.63, 3.8) is 0 Å². The summed E-state index contributed by atoms with van der Waals surface area (Å²) in [4.78, 5) is 6.14. The number of aliphatic imine (C=N–C) groups is 1. The third-order valence-electron chi connectivity index (χ3n) is 4.75. The molecule has 2 rings (SSSR count). The number of halogens is 1. The van der Waals surface area contributed by atoms with Gasteiger partial charge in [-0.2, -0.15) is 0 Å². The van der Waals surface area contributed by atoms with Crippen LogP contribution in [0.25, 0.3) is 0 Å². The molecule has 2 heterocycles. The Balaban J connectivity index is 0.00000420. The van der Waals surface area contributed by atoms with Gasteiger partial charge in [0, 0.05) is 23.9 Å². The Morgan fingerprint density at radius 3 is 2.66 bits per heavy atom. The molecule has 0 radical (unpaired) electrons. The molecule has 0 spiro atoms. The maximum Gasteiger partial charge on any atom is 0.192 e. The van der Waals surface area contributed by atoms with Gasteiger partial charge >= 0.3 is 0 Å². The van der Waals surface area contributed by atoms with Gasteiger partial charge in [-0.05, 0) is 37.6 Å². The number of thiophene rings is 1. The Labute approximate surface area is 197 Å². The van der Waals surface area contributed by atoms with Crippen molar-refractivity contribution in [2.75, 3.05) is 6.54 Å². The molecule has 8 heteroatoms. The molecule has 0 fully saturated rings. The first-order valence-electron chi connectivity index (χ1n) is 10.5. The van der Waals surface area contributed by atoms with Crippen molar-refractivity contribution < 1.29 is 0 Å². The van der Waals surface area contributed by atoms with E-state index in [1.165, 1.54) is 17.7 Å². The van der Waals surface area contributed by atoms with Crippen LogP contribution in [0.2, 0.25) is 0 Å². The van der Waals surface area contributed by atoms with E-state index in [1.54, 1.807) is 17.7 Å². The number of guanidine groups is 1. The van der Waals surface area contributed by atoms with Gasteiger partial charge in [-0.1, -0.05) is 39.7 Å². The number of aromatic nitrogens is 3. The number of hydrogen-bond acceptors (Lipinski definition) is 4. The SMILES string of the molecule is CCc1nncn1CCN=C(NC(C)CCCC(C)C)NC(C)c1cccs1.I. The topological polar surface area (TPSA) is 67.1 Å². The number of nitrogens with zero attached hydrogens (tertiary/aromatic N) is 4. The summed E-state index contributed by atoms with van der Waals surface area (Å²) in [7, 11) is 0. The van der Waals surface area contributed by atoms with Crippen LogP contribution < -0.4 is 10.6 Å². The molecule has 0 aromatic carbocycles. The predicted octanol–water partition coefficient (Wildman–Crippen LogP) is 5.03. The lowest BCUT2D eigenvalue weighted by Crippen LogP contribution is -2.43. The molecule has 0 bridgehead atoms. The molecule has 2 aromatic heterocycles. The van der Waals surface area contributed by atoms with E-state index < -0.39 is 0 Å². The maximum atomic E-state index is 4.83. The van der Waals surface area contributed by atoms with Gasteiger partial charge in [0.1, 0.15) is 12.2 Å². The highest BCUT2D eigenvalue weighted by molar-refractivity contribution is 14.0. The summed E-state index contributed by atoms with van der Waals surface area (Å²) in [5.74, 6) is 2.64. The van der Waals surface area contributed by atoms with E-state index in [2.05, 4.69) is 77.5 Å². The number of rotatable bonds is 11. The molecule has 0 aliphatic carbocycles. The Hall–Kier alpha value is -1.16. The summed E-state index contributed by atoms with van der Waals surface area (Å²) < 4.78 is 2.08. The lowest BCUT2D eigenvalue weighted by Gasteiger charge is -2.22. The zero-order valence-corrected chi connectivity index (χ0v) is 21.5. The minimum Gasteiger partial charge on any atom is -0.354 e.